The van der Waals surface area contributed by atoms with Crippen molar-refractivity contribution in [1.29, 1.82) is 0 Å². The van der Waals surface area contributed by atoms with Gasteiger partial charge in [0.15, 0.2) is 0 Å². The van der Waals surface area contributed by atoms with Crippen molar-refractivity contribution in [1.82, 2.24) is 14.1 Å². The fourth-order valence-corrected chi connectivity index (χ4v) is 6.31. The van der Waals surface area contributed by atoms with Crippen LogP contribution in [0.1, 0.15) is 31.2 Å². The van der Waals surface area contributed by atoms with Gasteiger partial charge in [0.1, 0.15) is 0 Å². The van der Waals surface area contributed by atoms with Gasteiger partial charge in [0.25, 0.3) is 0 Å². The Labute approximate surface area is 180 Å². The molecule has 0 aromatic heterocycles. The minimum atomic E-state index is -3.34. The molecule has 3 aliphatic rings. The number of amides is 1. The summed E-state index contributed by atoms with van der Waals surface area (Å²) in [6, 6.07) is 9.28. The normalized spacial score (nSPS) is 24.9. The molecule has 7 nitrogen and oxygen atoms in total. The van der Waals surface area contributed by atoms with Crippen LogP contribution in [0.25, 0.3) is 0 Å². The molecule has 8 heteroatoms. The van der Waals surface area contributed by atoms with E-state index >= 15 is 0 Å². The first-order chi connectivity index (χ1) is 14.5. The molecule has 0 saturated carbocycles. The number of benzene rings is 1. The Hall–Kier alpha value is -1.48. The maximum atomic E-state index is 13.0. The standard InChI is InChI=1S/C22H33N3O4S/c26-22(24-14-12-23(13-15-24)17-21-7-4-16-29-21)20-8-10-25(11-9-20)30(27,28)18-19-5-2-1-3-6-19/h1-3,5-6,20-21H,4,7-18H2. The van der Waals surface area contributed by atoms with Gasteiger partial charge in [0.2, 0.25) is 15.9 Å². The summed E-state index contributed by atoms with van der Waals surface area (Å²) < 4.78 is 32.7. The molecule has 30 heavy (non-hydrogen) atoms. The largest absolute Gasteiger partial charge is 0.377 e. The number of ether oxygens (including phenoxy) is 1. The fraction of sp³-hybridized carbons (Fsp3) is 0.682. The number of sulfonamides is 1. The maximum absolute atomic E-state index is 13.0. The van der Waals surface area contributed by atoms with Gasteiger partial charge in [-0.05, 0) is 31.2 Å². The van der Waals surface area contributed by atoms with Crippen LogP contribution in [-0.4, -0.2) is 87.0 Å². The van der Waals surface area contributed by atoms with Crippen LogP contribution in [0, 0.1) is 5.92 Å². The second-order valence-electron chi connectivity index (χ2n) is 8.68. The van der Waals surface area contributed by atoms with E-state index in [1.165, 1.54) is 0 Å². The molecule has 166 valence electrons. The molecule has 1 aromatic rings. The van der Waals surface area contributed by atoms with Crippen molar-refractivity contribution in [2.45, 2.75) is 37.5 Å². The number of piperidine rings is 1. The lowest BCUT2D eigenvalue weighted by molar-refractivity contribution is -0.138. The van der Waals surface area contributed by atoms with E-state index in [1.807, 2.05) is 35.2 Å². The summed E-state index contributed by atoms with van der Waals surface area (Å²) in [4.78, 5) is 17.3. The molecule has 1 amide bonds. The molecular weight excluding hydrogens is 402 g/mol. The summed E-state index contributed by atoms with van der Waals surface area (Å²) in [6.45, 7) is 6.04. The van der Waals surface area contributed by atoms with Gasteiger partial charge in [-0.1, -0.05) is 30.3 Å². The van der Waals surface area contributed by atoms with Gasteiger partial charge in [0, 0.05) is 58.3 Å². The zero-order chi connectivity index (χ0) is 21.0. The van der Waals surface area contributed by atoms with Gasteiger partial charge >= 0.3 is 0 Å². The molecule has 4 rings (SSSR count). The van der Waals surface area contributed by atoms with E-state index in [-0.39, 0.29) is 17.6 Å². The molecule has 1 atom stereocenters. The first-order valence-electron chi connectivity index (χ1n) is 11.2. The number of nitrogens with zero attached hydrogens (tertiary/aromatic N) is 3. The quantitative estimate of drug-likeness (QED) is 0.678. The molecule has 3 fully saturated rings. The van der Waals surface area contributed by atoms with Gasteiger partial charge in [0.05, 0.1) is 11.9 Å². The van der Waals surface area contributed by atoms with Crippen LogP contribution in [0.4, 0.5) is 0 Å². The van der Waals surface area contributed by atoms with Crippen molar-refractivity contribution in [2.75, 3.05) is 52.4 Å². The Bertz CT molecular complexity index is 795. The van der Waals surface area contributed by atoms with E-state index in [0.717, 1.165) is 57.7 Å². The summed E-state index contributed by atoms with van der Waals surface area (Å²) >= 11 is 0. The Kier molecular flexibility index (Phi) is 7.08. The molecule has 1 aromatic carbocycles. The van der Waals surface area contributed by atoms with Crippen LogP contribution in [0.2, 0.25) is 0 Å². The van der Waals surface area contributed by atoms with Crippen LogP contribution in [0.3, 0.4) is 0 Å². The van der Waals surface area contributed by atoms with Crippen LogP contribution >= 0.6 is 0 Å². The van der Waals surface area contributed by atoms with Gasteiger partial charge in [-0.15, -0.1) is 0 Å². The first kappa shape index (κ1) is 21.7. The number of hydrogen-bond acceptors (Lipinski definition) is 5. The van der Waals surface area contributed by atoms with Crippen LogP contribution in [0.5, 0.6) is 0 Å². The van der Waals surface area contributed by atoms with E-state index in [1.54, 1.807) is 4.31 Å². The number of piperazine rings is 1. The zero-order valence-electron chi connectivity index (χ0n) is 17.6. The predicted molar refractivity (Wildman–Crippen MR) is 115 cm³/mol. The Morgan fingerprint density at radius 3 is 2.30 bits per heavy atom. The molecule has 0 bridgehead atoms. The summed E-state index contributed by atoms with van der Waals surface area (Å²) in [6.07, 6.45) is 3.88. The Balaban J connectivity index is 1.22. The van der Waals surface area contributed by atoms with Crippen molar-refractivity contribution in [2.24, 2.45) is 5.92 Å². The third-order valence-electron chi connectivity index (χ3n) is 6.56. The average Bonchev–Trinajstić information content (AvgIpc) is 3.27. The highest BCUT2D eigenvalue weighted by molar-refractivity contribution is 7.88. The monoisotopic (exact) mass is 435 g/mol. The summed E-state index contributed by atoms with van der Waals surface area (Å²) in [5, 5.41) is 0. The molecule has 0 aliphatic carbocycles. The summed E-state index contributed by atoms with van der Waals surface area (Å²) in [7, 11) is -3.34. The number of carbonyl (C=O) groups is 1. The second-order valence-corrected chi connectivity index (χ2v) is 10.6. The minimum Gasteiger partial charge on any atom is -0.377 e. The van der Waals surface area contributed by atoms with E-state index < -0.39 is 10.0 Å². The fourth-order valence-electron chi connectivity index (χ4n) is 4.74. The van der Waals surface area contributed by atoms with Crippen molar-refractivity contribution >= 4 is 15.9 Å². The van der Waals surface area contributed by atoms with Crippen molar-refractivity contribution < 1.29 is 17.9 Å². The first-order valence-corrected chi connectivity index (χ1v) is 12.8. The van der Waals surface area contributed by atoms with E-state index in [4.69, 9.17) is 4.74 Å². The number of carbonyl (C=O) groups excluding carboxylic acids is 1. The van der Waals surface area contributed by atoms with Crippen molar-refractivity contribution in [3.05, 3.63) is 35.9 Å². The third kappa shape index (κ3) is 5.41. The zero-order valence-corrected chi connectivity index (χ0v) is 18.4. The minimum absolute atomic E-state index is 0.0269. The summed E-state index contributed by atoms with van der Waals surface area (Å²) in [5.41, 5.74) is 0.802. The maximum Gasteiger partial charge on any atom is 0.225 e. The van der Waals surface area contributed by atoms with E-state index in [2.05, 4.69) is 4.90 Å². The highest BCUT2D eigenvalue weighted by atomic mass is 32.2. The topological polar surface area (TPSA) is 70.2 Å². The van der Waals surface area contributed by atoms with Gasteiger partial charge < -0.3 is 9.64 Å². The lowest BCUT2D eigenvalue weighted by atomic mass is 9.96. The Morgan fingerprint density at radius 1 is 0.967 bits per heavy atom. The molecule has 3 aliphatic heterocycles. The second kappa shape index (κ2) is 9.77. The van der Waals surface area contributed by atoms with Crippen LogP contribution in [-0.2, 0) is 25.3 Å². The Morgan fingerprint density at radius 2 is 1.67 bits per heavy atom. The van der Waals surface area contributed by atoms with Gasteiger partial charge in [-0.2, -0.15) is 0 Å². The molecule has 1 unspecified atom stereocenters. The molecule has 0 radical (unpaired) electrons. The van der Waals surface area contributed by atoms with Crippen LogP contribution < -0.4 is 0 Å². The van der Waals surface area contributed by atoms with E-state index in [9.17, 15) is 13.2 Å². The average molecular weight is 436 g/mol. The smallest absolute Gasteiger partial charge is 0.225 e. The van der Waals surface area contributed by atoms with Crippen molar-refractivity contribution in [3.63, 3.8) is 0 Å². The van der Waals surface area contributed by atoms with Gasteiger partial charge in [-0.25, -0.2) is 12.7 Å². The number of hydrogen-bond donors (Lipinski definition) is 0. The van der Waals surface area contributed by atoms with E-state index in [0.29, 0.717) is 32.0 Å². The lowest BCUT2D eigenvalue weighted by Gasteiger charge is -2.38. The third-order valence-corrected chi connectivity index (χ3v) is 8.41. The molecule has 3 saturated heterocycles. The lowest BCUT2D eigenvalue weighted by Crippen LogP contribution is -2.53. The molecule has 0 N–H and O–H groups in total. The highest BCUT2D eigenvalue weighted by Gasteiger charge is 2.34. The van der Waals surface area contributed by atoms with Crippen LogP contribution in [0.15, 0.2) is 30.3 Å². The predicted octanol–water partition coefficient (Wildman–Crippen LogP) is 1.55. The van der Waals surface area contributed by atoms with Crippen molar-refractivity contribution in [3.8, 4) is 0 Å². The molecular formula is C22H33N3O4S. The number of rotatable bonds is 6. The molecule has 3 heterocycles. The molecule has 0 spiro atoms. The SMILES string of the molecule is O=C(C1CCN(S(=O)(=O)Cc2ccccc2)CC1)N1CCN(CC2CCCO2)CC1. The van der Waals surface area contributed by atoms with Gasteiger partial charge in [-0.3, -0.25) is 9.69 Å². The highest BCUT2D eigenvalue weighted by Crippen LogP contribution is 2.24. The summed E-state index contributed by atoms with van der Waals surface area (Å²) in [5.74, 6) is 0.170.